The zero-order valence-electron chi connectivity index (χ0n) is 11.3. The van der Waals surface area contributed by atoms with Gasteiger partial charge in [-0.15, -0.1) is 0 Å². The first-order chi connectivity index (χ1) is 9.50. The highest BCUT2D eigenvalue weighted by Crippen LogP contribution is 2.33. The van der Waals surface area contributed by atoms with E-state index in [0.29, 0.717) is 11.7 Å². The van der Waals surface area contributed by atoms with Crippen LogP contribution in [0.4, 0.5) is 11.4 Å². The maximum atomic E-state index is 11.2. The van der Waals surface area contributed by atoms with Gasteiger partial charge in [0.15, 0.2) is 0 Å². The molecule has 0 N–H and O–H groups in total. The molecule has 0 heterocycles. The fraction of sp³-hybridized carbons (Fsp3) is 0.500. The fourth-order valence-corrected chi connectivity index (χ4v) is 2.87. The van der Waals surface area contributed by atoms with Crippen molar-refractivity contribution in [2.45, 2.75) is 38.1 Å². The summed E-state index contributed by atoms with van der Waals surface area (Å²) in [7, 11) is 1.88. The van der Waals surface area contributed by atoms with Crippen LogP contribution in [-0.4, -0.2) is 23.3 Å². The van der Waals surface area contributed by atoms with E-state index in [1.165, 1.54) is 18.6 Å². The van der Waals surface area contributed by atoms with Crippen molar-refractivity contribution in [1.29, 1.82) is 0 Å². The van der Waals surface area contributed by atoms with Crippen LogP contribution in [0.2, 0.25) is 0 Å². The first kappa shape index (κ1) is 14.8. The van der Waals surface area contributed by atoms with Gasteiger partial charge in [-0.3, -0.25) is 14.9 Å². The second-order valence-electron chi connectivity index (χ2n) is 5.14. The van der Waals surface area contributed by atoms with Crippen molar-refractivity contribution < 1.29 is 9.72 Å². The monoisotopic (exact) mass is 296 g/mol. The Balaban J connectivity index is 2.34. The third-order valence-corrected chi connectivity index (χ3v) is 4.12. The van der Waals surface area contributed by atoms with Gasteiger partial charge in [0.2, 0.25) is 0 Å². The lowest BCUT2D eigenvalue weighted by Crippen LogP contribution is -2.33. The molecule has 5 nitrogen and oxygen atoms in total. The highest BCUT2D eigenvalue weighted by molar-refractivity contribution is 6.67. The van der Waals surface area contributed by atoms with Crippen LogP contribution in [0, 0.1) is 10.1 Å². The van der Waals surface area contributed by atoms with Crippen molar-refractivity contribution in [2.24, 2.45) is 0 Å². The Hall–Kier alpha value is -1.62. The standard InChI is InChI=1S/C14H17ClN2O3/c1-16(11-5-3-2-4-6-11)12-8-7-10(14(15)18)9-13(12)17(19)20/h7-9,11H,2-6H2,1H3. The molecule has 0 saturated heterocycles. The maximum absolute atomic E-state index is 11.2. The van der Waals surface area contributed by atoms with Gasteiger partial charge in [-0.25, -0.2) is 0 Å². The molecule has 6 heteroatoms. The Labute approximate surface area is 122 Å². The lowest BCUT2D eigenvalue weighted by Gasteiger charge is -2.32. The Morgan fingerprint density at radius 1 is 1.35 bits per heavy atom. The van der Waals surface area contributed by atoms with E-state index in [9.17, 15) is 14.9 Å². The first-order valence-corrected chi connectivity index (χ1v) is 7.09. The van der Waals surface area contributed by atoms with Crippen molar-refractivity contribution in [1.82, 2.24) is 0 Å². The average Bonchev–Trinajstić information content (AvgIpc) is 2.46. The summed E-state index contributed by atoms with van der Waals surface area (Å²) in [6.45, 7) is 0. The molecule has 1 aromatic carbocycles. The molecule has 1 aliphatic rings. The third kappa shape index (κ3) is 3.10. The van der Waals surface area contributed by atoms with Crippen LogP contribution in [-0.2, 0) is 0 Å². The molecule has 0 radical (unpaired) electrons. The number of anilines is 1. The minimum atomic E-state index is -0.681. The van der Waals surface area contributed by atoms with Crippen LogP contribution in [0.3, 0.4) is 0 Å². The van der Waals surface area contributed by atoms with Crippen LogP contribution in [0.25, 0.3) is 0 Å². The topological polar surface area (TPSA) is 63.5 Å². The van der Waals surface area contributed by atoms with E-state index in [1.807, 2.05) is 11.9 Å². The number of carbonyl (C=O) groups is 1. The van der Waals surface area contributed by atoms with Crippen LogP contribution in [0.15, 0.2) is 18.2 Å². The SMILES string of the molecule is CN(c1ccc(C(=O)Cl)cc1[N+](=O)[O-])C1CCCCC1. The molecule has 0 aliphatic heterocycles. The van der Waals surface area contributed by atoms with Crippen LogP contribution >= 0.6 is 11.6 Å². The van der Waals surface area contributed by atoms with Crippen LogP contribution < -0.4 is 4.90 Å². The highest BCUT2D eigenvalue weighted by atomic mass is 35.5. The predicted molar refractivity (Wildman–Crippen MR) is 78.6 cm³/mol. The molecule has 0 bridgehead atoms. The molecule has 0 unspecified atom stereocenters. The van der Waals surface area contributed by atoms with Gasteiger partial charge in [0.25, 0.3) is 10.9 Å². The van der Waals surface area contributed by atoms with Gasteiger partial charge < -0.3 is 4.90 Å². The Kier molecular flexibility index (Phi) is 4.60. The number of nitro benzene ring substituents is 1. The molecule has 2 rings (SSSR count). The number of benzene rings is 1. The summed E-state index contributed by atoms with van der Waals surface area (Å²) in [6.07, 6.45) is 5.63. The van der Waals surface area contributed by atoms with Gasteiger partial charge in [-0.2, -0.15) is 0 Å². The first-order valence-electron chi connectivity index (χ1n) is 6.72. The second kappa shape index (κ2) is 6.22. The highest BCUT2D eigenvalue weighted by Gasteiger charge is 2.25. The Morgan fingerprint density at radius 3 is 2.55 bits per heavy atom. The summed E-state index contributed by atoms with van der Waals surface area (Å²) in [5, 5.41) is 10.5. The normalized spacial score (nSPS) is 15.9. The lowest BCUT2D eigenvalue weighted by atomic mass is 9.94. The maximum Gasteiger partial charge on any atom is 0.293 e. The van der Waals surface area contributed by atoms with E-state index in [1.54, 1.807) is 6.07 Å². The largest absolute Gasteiger partial charge is 0.366 e. The molecule has 108 valence electrons. The molecule has 1 aliphatic carbocycles. The van der Waals surface area contributed by atoms with E-state index in [-0.39, 0.29) is 11.3 Å². The number of hydrogen-bond acceptors (Lipinski definition) is 4. The molecule has 0 spiro atoms. The second-order valence-corrected chi connectivity index (χ2v) is 5.48. The molecule has 0 amide bonds. The van der Waals surface area contributed by atoms with E-state index < -0.39 is 10.2 Å². The van der Waals surface area contributed by atoms with Crippen molar-refractivity contribution in [2.75, 3.05) is 11.9 Å². The van der Waals surface area contributed by atoms with Crippen LogP contribution in [0.1, 0.15) is 42.5 Å². The minimum absolute atomic E-state index is 0.0652. The van der Waals surface area contributed by atoms with Crippen molar-refractivity contribution in [3.63, 3.8) is 0 Å². The smallest absolute Gasteiger partial charge is 0.293 e. The number of nitrogens with zero attached hydrogens (tertiary/aromatic N) is 2. The zero-order valence-corrected chi connectivity index (χ0v) is 12.1. The van der Waals surface area contributed by atoms with Crippen molar-refractivity contribution in [3.8, 4) is 0 Å². The molecule has 20 heavy (non-hydrogen) atoms. The van der Waals surface area contributed by atoms with E-state index in [2.05, 4.69) is 0 Å². The minimum Gasteiger partial charge on any atom is -0.366 e. The molecule has 0 atom stereocenters. The van der Waals surface area contributed by atoms with Gasteiger partial charge >= 0.3 is 0 Å². The molecule has 1 fully saturated rings. The quantitative estimate of drug-likeness (QED) is 0.482. The number of rotatable bonds is 4. The summed E-state index contributed by atoms with van der Waals surface area (Å²) in [6, 6.07) is 4.73. The van der Waals surface area contributed by atoms with Gasteiger partial charge in [0, 0.05) is 24.7 Å². The molecular formula is C14H17ClN2O3. The lowest BCUT2D eigenvalue weighted by molar-refractivity contribution is -0.384. The van der Waals surface area contributed by atoms with E-state index >= 15 is 0 Å². The van der Waals surface area contributed by atoms with Gasteiger partial charge in [0.1, 0.15) is 5.69 Å². The summed E-state index contributed by atoms with van der Waals surface area (Å²) >= 11 is 5.39. The zero-order chi connectivity index (χ0) is 14.7. The number of hydrogen-bond donors (Lipinski definition) is 0. The molecule has 0 aromatic heterocycles. The summed E-state index contributed by atoms with van der Waals surface area (Å²) < 4.78 is 0. The van der Waals surface area contributed by atoms with Crippen molar-refractivity contribution >= 4 is 28.2 Å². The van der Waals surface area contributed by atoms with Gasteiger partial charge in [-0.05, 0) is 36.6 Å². The molecule has 1 aromatic rings. The van der Waals surface area contributed by atoms with Gasteiger partial charge in [-0.1, -0.05) is 19.3 Å². The number of halogens is 1. The Bertz CT molecular complexity index is 527. The summed E-state index contributed by atoms with van der Waals surface area (Å²) in [5.41, 5.74) is 0.632. The fourth-order valence-electron chi connectivity index (χ4n) is 2.76. The predicted octanol–water partition coefficient (Wildman–Crippen LogP) is 3.74. The summed E-state index contributed by atoms with van der Waals surface area (Å²) in [4.78, 5) is 23.8. The number of carbonyl (C=O) groups excluding carboxylic acids is 1. The molecular weight excluding hydrogens is 280 g/mol. The average molecular weight is 297 g/mol. The van der Waals surface area contributed by atoms with E-state index in [4.69, 9.17) is 11.6 Å². The van der Waals surface area contributed by atoms with Crippen molar-refractivity contribution in [3.05, 3.63) is 33.9 Å². The molecule has 1 saturated carbocycles. The summed E-state index contributed by atoms with van der Waals surface area (Å²) in [5.74, 6) is 0. The number of nitro groups is 1. The van der Waals surface area contributed by atoms with Crippen LogP contribution in [0.5, 0.6) is 0 Å². The third-order valence-electron chi connectivity index (χ3n) is 3.90. The van der Waals surface area contributed by atoms with E-state index in [0.717, 1.165) is 25.7 Å². The van der Waals surface area contributed by atoms with Gasteiger partial charge in [0.05, 0.1) is 4.92 Å². The Morgan fingerprint density at radius 2 is 2.00 bits per heavy atom.